The predicted molar refractivity (Wildman–Crippen MR) is 78.3 cm³/mol. The van der Waals surface area contributed by atoms with Gasteiger partial charge in [0.05, 0.1) is 12.1 Å². The van der Waals surface area contributed by atoms with Gasteiger partial charge >= 0.3 is 0 Å². The molecule has 0 heterocycles. The molecule has 0 aliphatic rings. The van der Waals surface area contributed by atoms with E-state index in [4.69, 9.17) is 5.73 Å². The van der Waals surface area contributed by atoms with Crippen molar-refractivity contribution in [1.29, 1.82) is 0 Å². The Hall–Kier alpha value is -0.230. The van der Waals surface area contributed by atoms with Crippen molar-refractivity contribution in [2.45, 2.75) is 38.8 Å². The molecular weight excluding hydrogens is 340 g/mol. The molecule has 0 spiro atoms. The van der Waals surface area contributed by atoms with Crippen molar-refractivity contribution >= 4 is 28.3 Å². The molecule has 1 aromatic carbocycles. The molecule has 0 aromatic heterocycles. The number of hydrogen-bond donors (Lipinski definition) is 2. The van der Waals surface area contributed by atoms with E-state index in [1.54, 1.807) is 0 Å². The quantitative estimate of drug-likeness (QED) is 0.837. The second kappa shape index (κ2) is 8.15. The van der Waals surface area contributed by atoms with Gasteiger partial charge in [0.1, 0.15) is 11.6 Å². The third-order valence-corrected chi connectivity index (χ3v) is 3.29. The lowest BCUT2D eigenvalue weighted by Crippen LogP contribution is -2.28. The van der Waals surface area contributed by atoms with Crippen LogP contribution in [0.15, 0.2) is 16.6 Å². The van der Waals surface area contributed by atoms with Crippen molar-refractivity contribution in [3.8, 4) is 0 Å². The van der Waals surface area contributed by atoms with Crippen molar-refractivity contribution in [2.24, 2.45) is 11.7 Å². The molecule has 110 valence electrons. The van der Waals surface area contributed by atoms with Gasteiger partial charge in [0.25, 0.3) is 0 Å². The number of benzene rings is 1. The minimum atomic E-state index is -1.04. The Morgan fingerprint density at radius 1 is 1.21 bits per heavy atom. The topological polar surface area (TPSA) is 46.2 Å². The highest BCUT2D eigenvalue weighted by atomic mass is 79.9. The average molecular weight is 359 g/mol. The van der Waals surface area contributed by atoms with Crippen molar-refractivity contribution in [2.75, 3.05) is 0 Å². The summed E-state index contributed by atoms with van der Waals surface area (Å²) in [7, 11) is 0. The molecule has 6 heteroatoms. The maximum Gasteiger partial charge on any atom is 0.132 e. The highest BCUT2D eigenvalue weighted by molar-refractivity contribution is 9.10. The minimum Gasteiger partial charge on any atom is -0.391 e. The SMILES string of the molecule is CC(C)CC[C@H](O)[C@H](N)c1c(F)cc(Br)cc1F.Cl. The summed E-state index contributed by atoms with van der Waals surface area (Å²) in [5.41, 5.74) is 5.48. The molecule has 0 fully saturated rings. The highest BCUT2D eigenvalue weighted by Gasteiger charge is 2.24. The van der Waals surface area contributed by atoms with Crippen molar-refractivity contribution < 1.29 is 13.9 Å². The van der Waals surface area contributed by atoms with Gasteiger partial charge in [-0.1, -0.05) is 29.8 Å². The van der Waals surface area contributed by atoms with Gasteiger partial charge in [0, 0.05) is 10.0 Å². The van der Waals surface area contributed by atoms with E-state index < -0.39 is 23.8 Å². The van der Waals surface area contributed by atoms with Crippen LogP contribution in [0.4, 0.5) is 8.78 Å². The van der Waals surface area contributed by atoms with Gasteiger partial charge < -0.3 is 10.8 Å². The van der Waals surface area contributed by atoms with E-state index in [-0.39, 0.29) is 18.0 Å². The molecule has 0 aliphatic carbocycles. The first-order valence-corrected chi connectivity index (χ1v) is 6.70. The highest BCUT2D eigenvalue weighted by Crippen LogP contribution is 2.27. The van der Waals surface area contributed by atoms with E-state index in [0.717, 1.165) is 18.6 Å². The smallest absolute Gasteiger partial charge is 0.132 e. The first-order chi connectivity index (χ1) is 8.32. The Labute approximate surface area is 126 Å². The maximum absolute atomic E-state index is 13.7. The zero-order valence-corrected chi connectivity index (χ0v) is 13.3. The number of halogens is 4. The fraction of sp³-hybridized carbons (Fsp3) is 0.538. The molecule has 0 aliphatic heterocycles. The van der Waals surface area contributed by atoms with Gasteiger partial charge in [-0.05, 0) is 30.9 Å². The van der Waals surface area contributed by atoms with Crippen molar-refractivity contribution in [3.05, 3.63) is 33.8 Å². The van der Waals surface area contributed by atoms with Crippen LogP contribution in [0.1, 0.15) is 38.3 Å². The summed E-state index contributed by atoms with van der Waals surface area (Å²) in [6.07, 6.45) is 0.236. The van der Waals surface area contributed by atoms with Crippen LogP contribution in [0.25, 0.3) is 0 Å². The fourth-order valence-corrected chi connectivity index (χ4v) is 2.15. The van der Waals surface area contributed by atoms with Crippen LogP contribution in [0, 0.1) is 17.6 Å². The first-order valence-electron chi connectivity index (χ1n) is 5.91. The second-order valence-electron chi connectivity index (χ2n) is 4.85. The van der Waals surface area contributed by atoms with Gasteiger partial charge in [0.15, 0.2) is 0 Å². The van der Waals surface area contributed by atoms with E-state index in [9.17, 15) is 13.9 Å². The summed E-state index contributed by atoms with van der Waals surface area (Å²) in [6.45, 7) is 4.03. The Kier molecular flexibility index (Phi) is 8.05. The molecule has 0 saturated heterocycles. The van der Waals surface area contributed by atoms with Crippen LogP contribution in [-0.4, -0.2) is 11.2 Å². The van der Waals surface area contributed by atoms with E-state index >= 15 is 0 Å². The molecule has 19 heavy (non-hydrogen) atoms. The third-order valence-electron chi connectivity index (χ3n) is 2.83. The summed E-state index contributed by atoms with van der Waals surface area (Å²) in [4.78, 5) is 0. The number of nitrogens with two attached hydrogens (primary N) is 1. The zero-order chi connectivity index (χ0) is 13.9. The lowest BCUT2D eigenvalue weighted by Gasteiger charge is -2.21. The van der Waals surface area contributed by atoms with Crippen LogP contribution in [-0.2, 0) is 0 Å². The van der Waals surface area contributed by atoms with Crippen LogP contribution >= 0.6 is 28.3 Å². The van der Waals surface area contributed by atoms with Gasteiger partial charge in [-0.25, -0.2) is 8.78 Å². The zero-order valence-electron chi connectivity index (χ0n) is 10.9. The first kappa shape index (κ1) is 18.8. The van der Waals surface area contributed by atoms with E-state index in [1.165, 1.54) is 0 Å². The van der Waals surface area contributed by atoms with Crippen LogP contribution in [0.5, 0.6) is 0 Å². The van der Waals surface area contributed by atoms with Gasteiger partial charge in [-0.15, -0.1) is 12.4 Å². The number of rotatable bonds is 5. The molecule has 1 aromatic rings. The van der Waals surface area contributed by atoms with Crippen molar-refractivity contribution in [1.82, 2.24) is 0 Å². The molecule has 3 N–H and O–H groups in total. The Balaban J connectivity index is 0.00000324. The molecule has 0 radical (unpaired) electrons. The average Bonchev–Trinajstić information content (AvgIpc) is 2.24. The predicted octanol–water partition coefficient (Wildman–Crippen LogP) is 3.95. The molecular formula is C13H19BrClF2NO. The minimum absolute atomic E-state index is 0. The Bertz CT molecular complexity index is 395. The number of aliphatic hydroxyl groups excluding tert-OH is 1. The van der Waals surface area contributed by atoms with E-state index in [0.29, 0.717) is 16.8 Å². The standard InChI is InChI=1S/C13H18BrF2NO.ClH/c1-7(2)3-4-11(18)13(17)12-9(15)5-8(14)6-10(12)16;/h5-7,11,13,18H,3-4,17H2,1-2H3;1H/t11-,13-;/m0./s1. The Morgan fingerprint density at radius 3 is 2.11 bits per heavy atom. The number of hydrogen-bond acceptors (Lipinski definition) is 2. The largest absolute Gasteiger partial charge is 0.391 e. The summed E-state index contributed by atoms with van der Waals surface area (Å²) in [6, 6.07) is 1.25. The second-order valence-corrected chi connectivity index (χ2v) is 5.76. The lowest BCUT2D eigenvalue weighted by atomic mass is 9.95. The molecule has 0 unspecified atom stereocenters. The monoisotopic (exact) mass is 357 g/mol. The Morgan fingerprint density at radius 2 is 1.68 bits per heavy atom. The van der Waals surface area contributed by atoms with Crippen LogP contribution in [0.3, 0.4) is 0 Å². The van der Waals surface area contributed by atoms with Gasteiger partial charge in [-0.2, -0.15) is 0 Å². The molecule has 2 atom stereocenters. The molecule has 0 bridgehead atoms. The van der Waals surface area contributed by atoms with Gasteiger partial charge in [-0.3, -0.25) is 0 Å². The van der Waals surface area contributed by atoms with Crippen LogP contribution in [0.2, 0.25) is 0 Å². The molecule has 0 saturated carbocycles. The summed E-state index contributed by atoms with van der Waals surface area (Å²) in [5, 5.41) is 9.87. The van der Waals surface area contributed by atoms with Crippen molar-refractivity contribution in [3.63, 3.8) is 0 Å². The normalized spacial score (nSPS) is 14.1. The fourth-order valence-electron chi connectivity index (χ4n) is 1.75. The summed E-state index contributed by atoms with van der Waals surface area (Å²) >= 11 is 3.00. The molecule has 0 amide bonds. The van der Waals surface area contributed by atoms with E-state index in [2.05, 4.69) is 15.9 Å². The molecule has 2 nitrogen and oxygen atoms in total. The third kappa shape index (κ3) is 5.34. The van der Waals surface area contributed by atoms with Gasteiger partial charge in [0.2, 0.25) is 0 Å². The number of aliphatic hydroxyl groups is 1. The molecule has 1 rings (SSSR count). The van der Waals surface area contributed by atoms with Crippen LogP contribution < -0.4 is 5.73 Å². The summed E-state index contributed by atoms with van der Waals surface area (Å²) in [5.74, 6) is -1.07. The maximum atomic E-state index is 13.7. The lowest BCUT2D eigenvalue weighted by molar-refractivity contribution is 0.125. The van der Waals surface area contributed by atoms with E-state index in [1.807, 2.05) is 13.8 Å². The summed E-state index contributed by atoms with van der Waals surface area (Å²) < 4.78 is 27.6.